The number of phenolic OH excluding ortho intramolecular Hbond substituents is 2. The van der Waals surface area contributed by atoms with Gasteiger partial charge in [0.15, 0.2) is 0 Å². The Hall–Kier alpha value is -1.75. The van der Waals surface area contributed by atoms with Gasteiger partial charge < -0.3 is 20.0 Å². The Bertz CT molecular complexity index is 441. The number of rotatable bonds is 1. The zero-order valence-corrected chi connectivity index (χ0v) is 10.6. The number of piperazine rings is 1. The molecule has 0 spiro atoms. The Morgan fingerprint density at radius 3 is 2.39 bits per heavy atom. The molecule has 1 fully saturated rings. The highest BCUT2D eigenvalue weighted by molar-refractivity contribution is 5.95. The molecule has 0 aromatic heterocycles. The normalized spacial score (nSPS) is 21.0. The largest absolute Gasteiger partial charge is 0.508 e. The summed E-state index contributed by atoms with van der Waals surface area (Å²) in [6.45, 7) is 4.32. The molecule has 0 radical (unpaired) electrons. The highest BCUT2D eigenvalue weighted by atomic mass is 16.3. The van der Waals surface area contributed by atoms with E-state index in [1.54, 1.807) is 4.90 Å². The number of amides is 1. The number of likely N-dealkylation sites (N-methyl/N-ethyl adjacent to an activating group) is 1. The molecule has 0 aliphatic carbocycles. The maximum absolute atomic E-state index is 12.3. The van der Waals surface area contributed by atoms with Crippen LogP contribution in [-0.4, -0.2) is 58.6 Å². The van der Waals surface area contributed by atoms with Gasteiger partial charge in [-0.1, -0.05) is 0 Å². The molecule has 1 atom stereocenters. The van der Waals surface area contributed by atoms with Gasteiger partial charge in [-0.05, 0) is 26.1 Å². The van der Waals surface area contributed by atoms with Gasteiger partial charge in [0.25, 0.3) is 5.91 Å². The van der Waals surface area contributed by atoms with Gasteiger partial charge in [-0.25, -0.2) is 0 Å². The Balaban J connectivity index is 2.20. The van der Waals surface area contributed by atoms with Crippen LogP contribution in [-0.2, 0) is 0 Å². The van der Waals surface area contributed by atoms with E-state index in [2.05, 4.69) is 4.90 Å². The molecule has 98 valence electrons. The van der Waals surface area contributed by atoms with Crippen molar-refractivity contribution in [3.63, 3.8) is 0 Å². The third-order valence-electron chi connectivity index (χ3n) is 3.24. The molecule has 1 aliphatic heterocycles. The van der Waals surface area contributed by atoms with Crippen molar-refractivity contribution in [1.29, 1.82) is 0 Å². The molecule has 1 aromatic carbocycles. The second-order valence-electron chi connectivity index (χ2n) is 4.85. The molecule has 2 N–H and O–H groups in total. The summed E-state index contributed by atoms with van der Waals surface area (Å²) >= 11 is 0. The maximum atomic E-state index is 12.3. The predicted molar refractivity (Wildman–Crippen MR) is 67.8 cm³/mol. The van der Waals surface area contributed by atoms with Gasteiger partial charge in [0, 0.05) is 37.3 Å². The number of nitrogens with zero attached hydrogens (tertiary/aromatic N) is 2. The molecule has 0 bridgehead atoms. The van der Waals surface area contributed by atoms with Crippen molar-refractivity contribution in [2.24, 2.45) is 0 Å². The Kier molecular flexibility index (Phi) is 3.43. The van der Waals surface area contributed by atoms with Gasteiger partial charge in [-0.2, -0.15) is 0 Å². The zero-order chi connectivity index (χ0) is 13.3. The number of aromatic hydroxyl groups is 2. The van der Waals surface area contributed by atoms with Crippen LogP contribution in [0.25, 0.3) is 0 Å². The molecule has 1 aromatic rings. The van der Waals surface area contributed by atoms with Crippen molar-refractivity contribution in [1.82, 2.24) is 9.80 Å². The monoisotopic (exact) mass is 250 g/mol. The number of benzene rings is 1. The van der Waals surface area contributed by atoms with Crippen LogP contribution in [0.3, 0.4) is 0 Å². The number of carbonyl (C=O) groups is 1. The van der Waals surface area contributed by atoms with Crippen LogP contribution < -0.4 is 0 Å². The maximum Gasteiger partial charge on any atom is 0.254 e. The lowest BCUT2D eigenvalue weighted by Crippen LogP contribution is -2.52. The quantitative estimate of drug-likeness (QED) is 0.776. The number of carbonyl (C=O) groups excluding carboxylic acids is 1. The lowest BCUT2D eigenvalue weighted by atomic mass is 10.1. The summed E-state index contributed by atoms with van der Waals surface area (Å²) in [5.74, 6) is -0.345. The van der Waals surface area contributed by atoms with E-state index in [1.165, 1.54) is 18.2 Å². The molecular formula is C13H18N2O3. The van der Waals surface area contributed by atoms with Crippen LogP contribution in [0.1, 0.15) is 17.3 Å². The standard InChI is InChI=1S/C13H18N2O3/c1-9-8-14(2)3-4-15(9)13(18)10-5-11(16)7-12(17)6-10/h5-7,9,16-17H,3-4,8H2,1-2H3. The van der Waals surface area contributed by atoms with Crippen molar-refractivity contribution < 1.29 is 15.0 Å². The van der Waals surface area contributed by atoms with E-state index in [0.29, 0.717) is 12.1 Å². The summed E-state index contributed by atoms with van der Waals surface area (Å²) in [5, 5.41) is 18.8. The second kappa shape index (κ2) is 4.86. The fraction of sp³-hybridized carbons (Fsp3) is 0.462. The summed E-state index contributed by atoms with van der Waals surface area (Å²) in [5.41, 5.74) is 0.323. The van der Waals surface area contributed by atoms with Crippen molar-refractivity contribution >= 4 is 5.91 Å². The van der Waals surface area contributed by atoms with Gasteiger partial charge in [-0.15, -0.1) is 0 Å². The summed E-state index contributed by atoms with van der Waals surface area (Å²) in [6, 6.07) is 4.10. The smallest absolute Gasteiger partial charge is 0.254 e. The lowest BCUT2D eigenvalue weighted by molar-refractivity contribution is 0.0533. The molecule has 1 unspecified atom stereocenters. The molecule has 2 rings (SSSR count). The first-order chi connectivity index (χ1) is 8.47. The van der Waals surface area contributed by atoms with Crippen LogP contribution in [0.4, 0.5) is 0 Å². The number of hydrogen-bond donors (Lipinski definition) is 2. The first kappa shape index (κ1) is 12.7. The molecule has 5 nitrogen and oxygen atoms in total. The Morgan fingerprint density at radius 1 is 1.22 bits per heavy atom. The minimum atomic E-state index is -0.151. The summed E-state index contributed by atoms with van der Waals surface area (Å²) in [7, 11) is 2.03. The van der Waals surface area contributed by atoms with E-state index in [9.17, 15) is 15.0 Å². The van der Waals surface area contributed by atoms with E-state index in [0.717, 1.165) is 13.1 Å². The Morgan fingerprint density at radius 2 is 1.83 bits per heavy atom. The Labute approximate surface area is 106 Å². The van der Waals surface area contributed by atoms with Gasteiger partial charge in [-0.3, -0.25) is 4.79 Å². The first-order valence-corrected chi connectivity index (χ1v) is 6.00. The molecule has 1 saturated heterocycles. The van der Waals surface area contributed by atoms with E-state index < -0.39 is 0 Å². The molecular weight excluding hydrogens is 232 g/mol. The van der Waals surface area contributed by atoms with E-state index in [4.69, 9.17) is 0 Å². The fourth-order valence-electron chi connectivity index (χ4n) is 2.33. The van der Waals surface area contributed by atoms with Crippen LogP contribution in [0.15, 0.2) is 18.2 Å². The van der Waals surface area contributed by atoms with E-state index >= 15 is 0 Å². The van der Waals surface area contributed by atoms with Crippen LogP contribution in [0, 0.1) is 0 Å². The van der Waals surface area contributed by atoms with E-state index in [-0.39, 0.29) is 23.4 Å². The summed E-state index contributed by atoms with van der Waals surface area (Å²) in [4.78, 5) is 16.3. The van der Waals surface area contributed by atoms with E-state index in [1.807, 2.05) is 14.0 Å². The van der Waals surface area contributed by atoms with Crippen molar-refractivity contribution in [3.8, 4) is 11.5 Å². The molecule has 1 aliphatic rings. The highest BCUT2D eigenvalue weighted by Crippen LogP contribution is 2.22. The van der Waals surface area contributed by atoms with Crippen molar-refractivity contribution in [2.75, 3.05) is 26.7 Å². The van der Waals surface area contributed by atoms with Crippen LogP contribution >= 0.6 is 0 Å². The number of phenols is 2. The average Bonchev–Trinajstić information content (AvgIpc) is 2.26. The summed E-state index contributed by atoms with van der Waals surface area (Å²) < 4.78 is 0. The van der Waals surface area contributed by atoms with Crippen LogP contribution in [0.5, 0.6) is 11.5 Å². The lowest BCUT2D eigenvalue weighted by Gasteiger charge is -2.38. The van der Waals surface area contributed by atoms with Crippen molar-refractivity contribution in [2.45, 2.75) is 13.0 Å². The van der Waals surface area contributed by atoms with Crippen molar-refractivity contribution in [3.05, 3.63) is 23.8 Å². The van der Waals surface area contributed by atoms with Gasteiger partial charge in [0.05, 0.1) is 0 Å². The highest BCUT2D eigenvalue weighted by Gasteiger charge is 2.26. The second-order valence-corrected chi connectivity index (χ2v) is 4.85. The SMILES string of the molecule is CC1CN(C)CCN1C(=O)c1cc(O)cc(O)c1. The first-order valence-electron chi connectivity index (χ1n) is 6.00. The predicted octanol–water partition coefficient (Wildman–Crippen LogP) is 0.874. The molecule has 0 saturated carbocycles. The zero-order valence-electron chi connectivity index (χ0n) is 10.6. The molecule has 5 heteroatoms. The number of hydrogen-bond acceptors (Lipinski definition) is 4. The molecule has 18 heavy (non-hydrogen) atoms. The average molecular weight is 250 g/mol. The minimum Gasteiger partial charge on any atom is -0.508 e. The van der Waals surface area contributed by atoms with Gasteiger partial charge in [0.2, 0.25) is 0 Å². The van der Waals surface area contributed by atoms with Crippen LogP contribution in [0.2, 0.25) is 0 Å². The molecule has 1 amide bonds. The summed E-state index contributed by atoms with van der Waals surface area (Å²) in [6.07, 6.45) is 0. The van der Waals surface area contributed by atoms with Gasteiger partial charge >= 0.3 is 0 Å². The minimum absolute atomic E-state index is 0.0971. The fourth-order valence-corrected chi connectivity index (χ4v) is 2.33. The topological polar surface area (TPSA) is 64.0 Å². The van der Waals surface area contributed by atoms with Gasteiger partial charge in [0.1, 0.15) is 11.5 Å². The third kappa shape index (κ3) is 2.56. The third-order valence-corrected chi connectivity index (χ3v) is 3.24. The molecule has 1 heterocycles.